The summed E-state index contributed by atoms with van der Waals surface area (Å²) in [6.45, 7) is 2.20. The Kier molecular flexibility index (Phi) is 6.42. The van der Waals surface area contributed by atoms with Crippen molar-refractivity contribution in [2.75, 3.05) is 13.2 Å². The largest absolute Gasteiger partial charge is 0.490 e. The molecule has 0 bridgehead atoms. The number of nitrogens with one attached hydrogen (secondary N) is 1. The van der Waals surface area contributed by atoms with Gasteiger partial charge in [-0.1, -0.05) is 41.9 Å². The van der Waals surface area contributed by atoms with Crippen molar-refractivity contribution < 1.29 is 19.1 Å². The Morgan fingerprint density at radius 1 is 1.06 bits per heavy atom. The molecule has 31 heavy (non-hydrogen) atoms. The summed E-state index contributed by atoms with van der Waals surface area (Å²) in [5.41, 5.74) is 3.57. The van der Waals surface area contributed by atoms with E-state index in [2.05, 4.69) is 5.32 Å². The van der Waals surface area contributed by atoms with E-state index in [1.165, 1.54) is 0 Å². The number of carbonyl (C=O) groups excluding carboxylic acids is 2. The lowest BCUT2D eigenvalue weighted by Crippen LogP contribution is -2.34. The normalized spacial score (nSPS) is 18.4. The Morgan fingerprint density at radius 2 is 1.81 bits per heavy atom. The predicted octanol–water partition coefficient (Wildman–Crippen LogP) is 4.93. The number of Topliss-reactive ketones (excluding diaryl/α,β-unsaturated/α-hetero) is 1. The van der Waals surface area contributed by atoms with Crippen LogP contribution in [0.1, 0.15) is 37.7 Å². The van der Waals surface area contributed by atoms with Crippen LogP contribution >= 0.6 is 11.6 Å². The smallest absolute Gasteiger partial charge is 0.336 e. The molecule has 0 saturated carbocycles. The van der Waals surface area contributed by atoms with Crippen LogP contribution < -0.4 is 10.1 Å². The molecule has 1 aliphatic carbocycles. The molecule has 1 heterocycles. The van der Waals surface area contributed by atoms with Crippen molar-refractivity contribution in [2.24, 2.45) is 0 Å². The molecular weight excluding hydrogens is 414 g/mol. The van der Waals surface area contributed by atoms with Crippen LogP contribution in [0.15, 0.2) is 77.1 Å². The summed E-state index contributed by atoms with van der Waals surface area (Å²) in [5, 5.41) is 3.89. The van der Waals surface area contributed by atoms with Crippen LogP contribution in [0.2, 0.25) is 5.02 Å². The molecule has 0 spiro atoms. The molecule has 0 unspecified atom stereocenters. The van der Waals surface area contributed by atoms with Gasteiger partial charge in [-0.2, -0.15) is 0 Å². The van der Waals surface area contributed by atoms with Crippen LogP contribution in [-0.2, 0) is 14.3 Å². The van der Waals surface area contributed by atoms with Crippen molar-refractivity contribution in [1.29, 1.82) is 0 Å². The Balaban J connectivity index is 1.55. The third-order valence-electron chi connectivity index (χ3n) is 5.53. The van der Waals surface area contributed by atoms with Crippen LogP contribution in [0, 0.1) is 0 Å². The molecule has 0 radical (unpaired) electrons. The summed E-state index contributed by atoms with van der Waals surface area (Å²) in [5.74, 6) is -0.135. The number of ether oxygens (including phenoxy) is 2. The number of dihydropyridines is 1. The third kappa shape index (κ3) is 4.67. The molecular formula is C25H24ClNO4. The standard InChI is InChI=1S/C25H24ClNO4/c1-16-22(25(29)31-15-14-30-19-6-3-2-4-7-19)23(17-10-12-18(26)13-11-17)24-20(27-16)8-5-9-21(24)28/h2-4,6-7,10-13,23,27H,5,8-9,14-15H2,1H3/t23-/m1/s1. The summed E-state index contributed by atoms with van der Waals surface area (Å²) in [7, 11) is 0. The first kappa shape index (κ1) is 21.2. The fraction of sp³-hybridized carbons (Fsp3) is 0.280. The van der Waals surface area contributed by atoms with Gasteiger partial charge in [-0.05, 0) is 49.6 Å². The quantitative estimate of drug-likeness (QED) is 0.512. The molecule has 0 saturated heterocycles. The van der Waals surface area contributed by atoms with Gasteiger partial charge in [0, 0.05) is 34.3 Å². The summed E-state index contributed by atoms with van der Waals surface area (Å²) in [6.07, 6.45) is 2.08. The number of hydrogen-bond acceptors (Lipinski definition) is 5. The second-order valence-electron chi connectivity index (χ2n) is 7.61. The number of rotatable bonds is 6. The fourth-order valence-electron chi connectivity index (χ4n) is 4.13. The van der Waals surface area contributed by atoms with Crippen molar-refractivity contribution in [3.8, 4) is 5.75 Å². The van der Waals surface area contributed by atoms with E-state index in [0.29, 0.717) is 28.3 Å². The van der Waals surface area contributed by atoms with Gasteiger partial charge >= 0.3 is 5.97 Å². The lowest BCUT2D eigenvalue weighted by atomic mass is 9.75. The average Bonchev–Trinajstić information content (AvgIpc) is 2.77. The van der Waals surface area contributed by atoms with Gasteiger partial charge in [-0.15, -0.1) is 0 Å². The zero-order chi connectivity index (χ0) is 21.8. The molecule has 2 aromatic rings. The van der Waals surface area contributed by atoms with Crippen LogP contribution in [0.25, 0.3) is 0 Å². The van der Waals surface area contributed by atoms with Gasteiger partial charge in [0.25, 0.3) is 0 Å². The second kappa shape index (κ2) is 9.40. The molecule has 2 aromatic carbocycles. The van der Waals surface area contributed by atoms with Crippen LogP contribution in [-0.4, -0.2) is 25.0 Å². The first-order valence-electron chi connectivity index (χ1n) is 10.4. The molecule has 0 amide bonds. The van der Waals surface area contributed by atoms with E-state index in [4.69, 9.17) is 21.1 Å². The lowest BCUT2D eigenvalue weighted by Gasteiger charge is -2.34. The molecule has 1 atom stereocenters. The number of benzene rings is 2. The number of halogens is 1. The second-order valence-corrected chi connectivity index (χ2v) is 8.05. The van der Waals surface area contributed by atoms with Gasteiger partial charge in [-0.25, -0.2) is 4.79 Å². The fourth-order valence-corrected chi connectivity index (χ4v) is 4.26. The van der Waals surface area contributed by atoms with Gasteiger partial charge in [-0.3, -0.25) is 4.79 Å². The van der Waals surface area contributed by atoms with E-state index in [-0.39, 0.29) is 19.0 Å². The Labute approximate surface area is 186 Å². The first-order valence-corrected chi connectivity index (χ1v) is 10.8. The molecule has 6 heteroatoms. The molecule has 160 valence electrons. The van der Waals surface area contributed by atoms with Gasteiger partial charge in [0.2, 0.25) is 0 Å². The minimum atomic E-state index is -0.469. The summed E-state index contributed by atoms with van der Waals surface area (Å²) < 4.78 is 11.2. The Hall–Kier alpha value is -3.05. The van der Waals surface area contributed by atoms with Gasteiger partial charge in [0.1, 0.15) is 19.0 Å². The van der Waals surface area contributed by atoms with Crippen LogP contribution in [0.4, 0.5) is 0 Å². The third-order valence-corrected chi connectivity index (χ3v) is 5.78. The van der Waals surface area contributed by atoms with Crippen molar-refractivity contribution in [3.63, 3.8) is 0 Å². The SMILES string of the molecule is CC1=C(C(=O)OCCOc2ccccc2)[C@@H](c2ccc(Cl)cc2)C2=C(CCCC2=O)N1. The summed E-state index contributed by atoms with van der Waals surface area (Å²) in [4.78, 5) is 26.0. The topological polar surface area (TPSA) is 64.6 Å². The monoisotopic (exact) mass is 437 g/mol. The highest BCUT2D eigenvalue weighted by atomic mass is 35.5. The van der Waals surface area contributed by atoms with Crippen LogP contribution in [0.3, 0.4) is 0 Å². The van der Waals surface area contributed by atoms with Gasteiger partial charge in [0.15, 0.2) is 5.78 Å². The number of carbonyl (C=O) groups is 2. The molecule has 0 aromatic heterocycles. The summed E-state index contributed by atoms with van der Waals surface area (Å²) >= 11 is 6.07. The van der Waals surface area contributed by atoms with Crippen molar-refractivity contribution in [2.45, 2.75) is 32.1 Å². The highest BCUT2D eigenvalue weighted by Crippen LogP contribution is 2.42. The number of ketones is 1. The minimum Gasteiger partial charge on any atom is -0.490 e. The molecule has 5 nitrogen and oxygen atoms in total. The van der Waals surface area contributed by atoms with E-state index in [1.807, 2.05) is 49.4 Å². The Bertz CT molecular complexity index is 1040. The lowest BCUT2D eigenvalue weighted by molar-refractivity contribution is -0.140. The number of hydrogen-bond donors (Lipinski definition) is 1. The maximum atomic E-state index is 13.1. The van der Waals surface area contributed by atoms with Crippen LogP contribution in [0.5, 0.6) is 5.75 Å². The molecule has 1 aliphatic heterocycles. The predicted molar refractivity (Wildman–Crippen MR) is 119 cm³/mol. The maximum absolute atomic E-state index is 13.1. The number of allylic oxidation sites excluding steroid dienone is 3. The average molecular weight is 438 g/mol. The molecule has 1 N–H and O–H groups in total. The van der Waals surface area contributed by atoms with E-state index in [0.717, 1.165) is 29.9 Å². The van der Waals surface area contributed by atoms with E-state index in [9.17, 15) is 9.59 Å². The highest BCUT2D eigenvalue weighted by molar-refractivity contribution is 6.30. The van der Waals surface area contributed by atoms with E-state index in [1.54, 1.807) is 12.1 Å². The highest BCUT2D eigenvalue weighted by Gasteiger charge is 2.39. The number of para-hydroxylation sites is 1. The van der Waals surface area contributed by atoms with Crippen molar-refractivity contribution >= 4 is 23.4 Å². The van der Waals surface area contributed by atoms with Crippen molar-refractivity contribution in [3.05, 3.63) is 87.7 Å². The zero-order valence-electron chi connectivity index (χ0n) is 17.3. The summed E-state index contributed by atoms with van der Waals surface area (Å²) in [6, 6.07) is 16.6. The molecule has 2 aliphatic rings. The first-order chi connectivity index (χ1) is 15.0. The molecule has 4 rings (SSSR count). The van der Waals surface area contributed by atoms with Gasteiger partial charge < -0.3 is 14.8 Å². The van der Waals surface area contributed by atoms with E-state index >= 15 is 0 Å². The van der Waals surface area contributed by atoms with Crippen molar-refractivity contribution in [1.82, 2.24) is 5.32 Å². The zero-order valence-corrected chi connectivity index (χ0v) is 18.1. The molecule has 0 fully saturated rings. The van der Waals surface area contributed by atoms with Gasteiger partial charge in [0.05, 0.1) is 5.57 Å². The number of esters is 1. The maximum Gasteiger partial charge on any atom is 0.336 e. The Morgan fingerprint density at radius 3 is 2.55 bits per heavy atom. The minimum absolute atomic E-state index is 0.0684. The van der Waals surface area contributed by atoms with E-state index < -0.39 is 11.9 Å².